The Balaban J connectivity index is 1.78. The van der Waals surface area contributed by atoms with Crippen molar-refractivity contribution in [3.63, 3.8) is 0 Å². The largest absolute Gasteiger partial charge is 0.388 e. The first-order valence-corrected chi connectivity index (χ1v) is 6.12. The van der Waals surface area contributed by atoms with Gasteiger partial charge in [0.15, 0.2) is 0 Å². The first-order valence-electron chi connectivity index (χ1n) is 6.12. The molecular weight excluding hydrogens is 202 g/mol. The van der Waals surface area contributed by atoms with Crippen molar-refractivity contribution in [2.75, 3.05) is 13.1 Å². The van der Waals surface area contributed by atoms with Crippen LogP contribution in [0.3, 0.4) is 0 Å². The van der Waals surface area contributed by atoms with E-state index in [1.165, 1.54) is 6.42 Å². The lowest BCUT2D eigenvalue weighted by Crippen LogP contribution is -2.43. The Morgan fingerprint density at radius 1 is 1.56 bits per heavy atom. The lowest BCUT2D eigenvalue weighted by Gasteiger charge is -2.29. The van der Waals surface area contributed by atoms with E-state index >= 15 is 0 Å². The minimum atomic E-state index is -0.537. The van der Waals surface area contributed by atoms with Gasteiger partial charge in [-0.3, -0.25) is 9.58 Å². The van der Waals surface area contributed by atoms with Gasteiger partial charge in [-0.25, -0.2) is 0 Å². The number of aliphatic hydroxyl groups is 1. The molecule has 4 nitrogen and oxygen atoms in total. The van der Waals surface area contributed by atoms with Crippen molar-refractivity contribution in [1.29, 1.82) is 0 Å². The third-order valence-electron chi connectivity index (χ3n) is 4.07. The molecule has 1 aromatic rings. The molecular formula is C12H19N3O. The molecule has 0 radical (unpaired) electrons. The Labute approximate surface area is 95.9 Å². The van der Waals surface area contributed by atoms with Crippen molar-refractivity contribution in [3.8, 4) is 0 Å². The lowest BCUT2D eigenvalue weighted by molar-refractivity contribution is 0.0132. The van der Waals surface area contributed by atoms with E-state index in [2.05, 4.69) is 10.00 Å². The zero-order valence-corrected chi connectivity index (χ0v) is 9.76. The fourth-order valence-electron chi connectivity index (χ4n) is 3.28. The van der Waals surface area contributed by atoms with E-state index in [1.54, 1.807) is 4.68 Å². The molecule has 0 saturated carbocycles. The van der Waals surface area contributed by atoms with Gasteiger partial charge in [0, 0.05) is 32.3 Å². The van der Waals surface area contributed by atoms with Gasteiger partial charge in [-0.15, -0.1) is 0 Å². The van der Waals surface area contributed by atoms with Crippen LogP contribution in [0.5, 0.6) is 0 Å². The summed E-state index contributed by atoms with van der Waals surface area (Å²) < 4.78 is 1.81. The van der Waals surface area contributed by atoms with Gasteiger partial charge in [-0.05, 0) is 31.9 Å². The molecule has 2 atom stereocenters. The fraction of sp³-hybridized carbons (Fsp3) is 0.750. The number of aromatic nitrogens is 2. The maximum atomic E-state index is 10.7. The molecule has 88 valence electrons. The third kappa shape index (κ3) is 1.57. The molecule has 0 amide bonds. The Morgan fingerprint density at radius 2 is 2.44 bits per heavy atom. The van der Waals surface area contributed by atoms with Gasteiger partial charge in [0.05, 0.1) is 11.3 Å². The van der Waals surface area contributed by atoms with Crippen LogP contribution in [0.2, 0.25) is 0 Å². The molecule has 0 spiro atoms. The van der Waals surface area contributed by atoms with E-state index in [-0.39, 0.29) is 0 Å². The second kappa shape index (κ2) is 3.57. The maximum absolute atomic E-state index is 10.7. The van der Waals surface area contributed by atoms with E-state index in [1.807, 2.05) is 19.3 Å². The van der Waals surface area contributed by atoms with Gasteiger partial charge in [0.25, 0.3) is 0 Å². The van der Waals surface area contributed by atoms with Gasteiger partial charge >= 0.3 is 0 Å². The summed E-state index contributed by atoms with van der Waals surface area (Å²) in [6, 6.07) is 2.38. The summed E-state index contributed by atoms with van der Waals surface area (Å²) in [5.74, 6) is 0. The summed E-state index contributed by atoms with van der Waals surface area (Å²) in [5.41, 5.74) is 0.476. The normalized spacial score (nSPS) is 34.5. The summed E-state index contributed by atoms with van der Waals surface area (Å²) >= 11 is 0. The Hall–Kier alpha value is -0.870. The lowest BCUT2D eigenvalue weighted by atomic mass is 9.88. The standard InChI is InChI=1S/C12H19N3O/c1-14-7-4-10(13-14)9-12(16)5-8-15-6-2-3-11(12)15/h4,7,11,16H,2-3,5-6,8-9H2,1H3. The summed E-state index contributed by atoms with van der Waals surface area (Å²) in [6.07, 6.45) is 5.92. The highest BCUT2D eigenvalue weighted by Gasteiger charge is 2.48. The van der Waals surface area contributed by atoms with E-state index in [9.17, 15) is 5.11 Å². The van der Waals surface area contributed by atoms with Crippen molar-refractivity contribution in [3.05, 3.63) is 18.0 Å². The van der Waals surface area contributed by atoms with Crippen LogP contribution < -0.4 is 0 Å². The molecule has 2 aliphatic rings. The Morgan fingerprint density at radius 3 is 3.19 bits per heavy atom. The van der Waals surface area contributed by atoms with Crippen molar-refractivity contribution in [2.45, 2.75) is 37.3 Å². The molecule has 3 rings (SSSR count). The molecule has 0 bridgehead atoms. The molecule has 4 heteroatoms. The first-order chi connectivity index (χ1) is 7.67. The van der Waals surface area contributed by atoms with Crippen molar-refractivity contribution in [1.82, 2.24) is 14.7 Å². The third-order valence-corrected chi connectivity index (χ3v) is 4.07. The second-order valence-electron chi connectivity index (χ2n) is 5.21. The number of aryl methyl sites for hydroxylation is 1. The molecule has 0 aromatic carbocycles. The molecule has 0 aliphatic carbocycles. The van der Waals surface area contributed by atoms with Crippen LogP contribution in [0.4, 0.5) is 0 Å². The molecule has 2 saturated heterocycles. The quantitative estimate of drug-likeness (QED) is 0.793. The summed E-state index contributed by atoms with van der Waals surface area (Å²) in [4.78, 5) is 2.43. The van der Waals surface area contributed by atoms with Crippen molar-refractivity contribution in [2.24, 2.45) is 7.05 Å². The van der Waals surface area contributed by atoms with Crippen LogP contribution in [0.25, 0.3) is 0 Å². The van der Waals surface area contributed by atoms with Crippen LogP contribution >= 0.6 is 0 Å². The number of fused-ring (bicyclic) bond motifs is 1. The van der Waals surface area contributed by atoms with E-state index in [0.29, 0.717) is 12.5 Å². The van der Waals surface area contributed by atoms with Gasteiger partial charge in [0.2, 0.25) is 0 Å². The van der Waals surface area contributed by atoms with Gasteiger partial charge in [-0.2, -0.15) is 5.10 Å². The molecule has 1 aromatic heterocycles. The fourth-order valence-corrected chi connectivity index (χ4v) is 3.28. The van der Waals surface area contributed by atoms with E-state index < -0.39 is 5.60 Å². The number of rotatable bonds is 2. The summed E-state index contributed by atoms with van der Waals surface area (Å²) in [7, 11) is 1.92. The van der Waals surface area contributed by atoms with Crippen molar-refractivity contribution >= 4 is 0 Å². The summed E-state index contributed by atoms with van der Waals surface area (Å²) in [5, 5.41) is 15.1. The van der Waals surface area contributed by atoms with Crippen LogP contribution in [0.15, 0.2) is 12.3 Å². The highest BCUT2D eigenvalue weighted by atomic mass is 16.3. The number of hydrogen-bond donors (Lipinski definition) is 1. The number of hydrogen-bond acceptors (Lipinski definition) is 3. The van der Waals surface area contributed by atoms with Crippen LogP contribution in [-0.2, 0) is 13.5 Å². The molecule has 2 unspecified atom stereocenters. The summed E-state index contributed by atoms with van der Waals surface area (Å²) in [6.45, 7) is 2.21. The number of nitrogens with zero attached hydrogens (tertiary/aromatic N) is 3. The minimum Gasteiger partial charge on any atom is -0.388 e. The van der Waals surface area contributed by atoms with E-state index in [4.69, 9.17) is 0 Å². The monoisotopic (exact) mass is 221 g/mol. The smallest absolute Gasteiger partial charge is 0.0870 e. The molecule has 16 heavy (non-hydrogen) atoms. The predicted octanol–water partition coefficient (Wildman–Crippen LogP) is 0.562. The van der Waals surface area contributed by atoms with Crippen molar-refractivity contribution < 1.29 is 5.11 Å². The highest BCUT2D eigenvalue weighted by Crippen LogP contribution is 2.37. The van der Waals surface area contributed by atoms with Gasteiger partial charge in [-0.1, -0.05) is 0 Å². The maximum Gasteiger partial charge on any atom is 0.0870 e. The SMILES string of the molecule is Cn1ccc(CC2(O)CCN3CCCC32)n1. The predicted molar refractivity (Wildman–Crippen MR) is 61.1 cm³/mol. The molecule has 3 heterocycles. The van der Waals surface area contributed by atoms with Crippen LogP contribution in [0, 0.1) is 0 Å². The van der Waals surface area contributed by atoms with Gasteiger partial charge in [0.1, 0.15) is 0 Å². The molecule has 2 aliphatic heterocycles. The topological polar surface area (TPSA) is 41.3 Å². The average molecular weight is 221 g/mol. The van der Waals surface area contributed by atoms with Crippen LogP contribution in [-0.4, -0.2) is 44.5 Å². The second-order valence-corrected chi connectivity index (χ2v) is 5.21. The highest BCUT2D eigenvalue weighted by molar-refractivity contribution is 5.11. The van der Waals surface area contributed by atoms with Crippen LogP contribution in [0.1, 0.15) is 25.0 Å². The van der Waals surface area contributed by atoms with E-state index in [0.717, 1.165) is 31.6 Å². The van der Waals surface area contributed by atoms with Gasteiger partial charge < -0.3 is 5.11 Å². The molecule has 1 N–H and O–H groups in total. The minimum absolute atomic E-state index is 0.370. The molecule has 2 fully saturated rings. The zero-order valence-electron chi connectivity index (χ0n) is 9.76. The average Bonchev–Trinajstić information content (AvgIpc) is 2.88. The Kier molecular flexibility index (Phi) is 2.30. The zero-order chi connectivity index (χ0) is 11.2. The first kappa shape index (κ1) is 10.3. The Bertz CT molecular complexity index is 389.